The van der Waals surface area contributed by atoms with Crippen molar-refractivity contribution in [2.75, 3.05) is 25.1 Å². The number of nitrogens with two attached hydrogens (primary N) is 1. The van der Waals surface area contributed by atoms with Crippen LogP contribution in [-0.4, -0.2) is 29.0 Å². The van der Waals surface area contributed by atoms with Crippen LogP contribution in [-0.2, 0) is 13.1 Å². The Balaban J connectivity index is 1.61. The van der Waals surface area contributed by atoms with Crippen LogP contribution in [0.1, 0.15) is 11.1 Å². The topological polar surface area (TPSA) is 89.9 Å². The molecule has 0 saturated heterocycles. The highest BCUT2D eigenvalue weighted by molar-refractivity contribution is 5.91. The molecule has 4 rings (SSSR count). The van der Waals surface area contributed by atoms with Gasteiger partial charge in [0, 0.05) is 48.4 Å². The molecule has 2 aromatic heterocycles. The summed E-state index contributed by atoms with van der Waals surface area (Å²) in [6.45, 7) is 1.75. The SMILES string of the molecule is CNc1c(-c2cc3cc(CN(C)Cc4ccccc4)ccc3[nH]2)cc(=O)[nH]c1N. The van der Waals surface area contributed by atoms with E-state index in [1.807, 2.05) is 6.07 Å². The molecule has 2 aromatic carbocycles. The molecule has 6 nitrogen and oxygen atoms in total. The summed E-state index contributed by atoms with van der Waals surface area (Å²) in [5, 5.41) is 4.18. The van der Waals surface area contributed by atoms with Crippen LogP contribution in [0.4, 0.5) is 11.5 Å². The number of aromatic nitrogens is 2. The van der Waals surface area contributed by atoms with Crippen molar-refractivity contribution in [2.45, 2.75) is 13.1 Å². The first kappa shape index (κ1) is 18.8. The Labute approximate surface area is 169 Å². The summed E-state index contributed by atoms with van der Waals surface area (Å²) >= 11 is 0. The third-order valence-corrected chi connectivity index (χ3v) is 5.05. The first-order valence-corrected chi connectivity index (χ1v) is 9.58. The van der Waals surface area contributed by atoms with E-state index in [-0.39, 0.29) is 5.56 Å². The smallest absolute Gasteiger partial charge is 0.250 e. The van der Waals surface area contributed by atoms with Gasteiger partial charge in [0.15, 0.2) is 0 Å². The molecule has 0 unspecified atom stereocenters. The number of anilines is 2. The largest absolute Gasteiger partial charge is 0.385 e. The van der Waals surface area contributed by atoms with Gasteiger partial charge < -0.3 is 21.0 Å². The second-order valence-electron chi connectivity index (χ2n) is 7.35. The molecule has 5 N–H and O–H groups in total. The summed E-state index contributed by atoms with van der Waals surface area (Å²) in [6.07, 6.45) is 0. The molecule has 148 valence electrons. The van der Waals surface area contributed by atoms with Crippen LogP contribution in [0.3, 0.4) is 0 Å². The first-order valence-electron chi connectivity index (χ1n) is 9.58. The molecule has 0 spiro atoms. The molecule has 0 amide bonds. The van der Waals surface area contributed by atoms with Gasteiger partial charge in [0.05, 0.1) is 5.69 Å². The van der Waals surface area contributed by atoms with E-state index in [2.05, 4.69) is 75.8 Å². The quantitative estimate of drug-likeness (QED) is 0.405. The zero-order valence-electron chi connectivity index (χ0n) is 16.6. The molecule has 29 heavy (non-hydrogen) atoms. The number of pyridine rings is 1. The van der Waals surface area contributed by atoms with Gasteiger partial charge in [-0.05, 0) is 36.4 Å². The zero-order valence-corrected chi connectivity index (χ0v) is 16.6. The molecule has 0 radical (unpaired) electrons. The van der Waals surface area contributed by atoms with Crippen molar-refractivity contribution >= 4 is 22.4 Å². The Hall–Kier alpha value is -3.51. The Morgan fingerprint density at radius 2 is 1.72 bits per heavy atom. The number of benzene rings is 2. The van der Waals surface area contributed by atoms with Crippen molar-refractivity contribution in [3.8, 4) is 11.3 Å². The minimum absolute atomic E-state index is 0.224. The maximum Gasteiger partial charge on any atom is 0.250 e. The lowest BCUT2D eigenvalue weighted by molar-refractivity contribution is 0.319. The van der Waals surface area contributed by atoms with E-state index in [1.54, 1.807) is 13.1 Å². The van der Waals surface area contributed by atoms with Gasteiger partial charge in [0.25, 0.3) is 0 Å². The third kappa shape index (κ3) is 4.02. The molecule has 0 atom stereocenters. The molecule has 0 aliphatic carbocycles. The fourth-order valence-corrected chi connectivity index (χ4v) is 3.75. The number of nitrogens with zero attached hydrogens (tertiary/aromatic N) is 1. The van der Waals surface area contributed by atoms with Crippen molar-refractivity contribution in [1.82, 2.24) is 14.9 Å². The number of nitrogens with one attached hydrogen (secondary N) is 3. The van der Waals surface area contributed by atoms with Gasteiger partial charge in [0.2, 0.25) is 5.56 Å². The number of H-pyrrole nitrogens is 2. The molecular formula is C23H25N5O. The zero-order chi connectivity index (χ0) is 20.4. The standard InChI is InChI=1S/C23H25N5O/c1-25-22-18(12-21(29)27-23(22)24)20-11-17-10-16(8-9-19(17)26-20)14-28(2)13-15-6-4-3-5-7-15/h3-12,25-26H,13-14H2,1-2H3,(H3,24,27,29). The van der Waals surface area contributed by atoms with Gasteiger partial charge in [-0.3, -0.25) is 9.69 Å². The van der Waals surface area contributed by atoms with Gasteiger partial charge in [-0.2, -0.15) is 0 Å². The van der Waals surface area contributed by atoms with Crippen LogP contribution in [0.5, 0.6) is 0 Å². The van der Waals surface area contributed by atoms with Crippen molar-refractivity contribution in [2.24, 2.45) is 0 Å². The summed E-state index contributed by atoms with van der Waals surface area (Å²) in [7, 11) is 3.91. The molecule has 2 heterocycles. The summed E-state index contributed by atoms with van der Waals surface area (Å²) in [5.41, 5.74) is 11.6. The summed E-state index contributed by atoms with van der Waals surface area (Å²) < 4.78 is 0. The monoisotopic (exact) mass is 387 g/mol. The first-order chi connectivity index (χ1) is 14.0. The van der Waals surface area contributed by atoms with E-state index >= 15 is 0 Å². The molecule has 0 aliphatic rings. The van der Waals surface area contributed by atoms with Crippen LogP contribution < -0.4 is 16.6 Å². The van der Waals surface area contributed by atoms with Crippen LogP contribution >= 0.6 is 0 Å². The summed E-state index contributed by atoms with van der Waals surface area (Å²) in [5.74, 6) is 0.330. The van der Waals surface area contributed by atoms with Crippen molar-refractivity contribution in [3.05, 3.63) is 82.1 Å². The average molecular weight is 387 g/mol. The Morgan fingerprint density at radius 3 is 2.48 bits per heavy atom. The predicted octanol–water partition coefficient (Wildman–Crippen LogP) is 3.78. The lowest BCUT2D eigenvalue weighted by Gasteiger charge is -2.16. The van der Waals surface area contributed by atoms with Crippen LogP contribution in [0, 0.1) is 0 Å². The fraction of sp³-hybridized carbons (Fsp3) is 0.174. The van der Waals surface area contributed by atoms with E-state index < -0.39 is 0 Å². The third-order valence-electron chi connectivity index (χ3n) is 5.05. The molecule has 0 fully saturated rings. The summed E-state index contributed by atoms with van der Waals surface area (Å²) in [4.78, 5) is 20.2. The number of aromatic amines is 2. The van der Waals surface area contributed by atoms with Crippen molar-refractivity contribution in [1.29, 1.82) is 0 Å². The fourth-order valence-electron chi connectivity index (χ4n) is 3.75. The number of rotatable bonds is 6. The minimum atomic E-state index is -0.224. The van der Waals surface area contributed by atoms with E-state index in [4.69, 9.17) is 5.73 Å². The minimum Gasteiger partial charge on any atom is -0.385 e. The maximum absolute atomic E-state index is 11.9. The Kier molecular flexibility index (Phi) is 5.10. The maximum atomic E-state index is 11.9. The van der Waals surface area contributed by atoms with Crippen LogP contribution in [0.25, 0.3) is 22.2 Å². The average Bonchev–Trinajstić information content (AvgIpc) is 3.11. The second kappa shape index (κ2) is 7.85. The van der Waals surface area contributed by atoms with E-state index in [0.717, 1.165) is 35.2 Å². The van der Waals surface area contributed by atoms with Gasteiger partial charge in [-0.1, -0.05) is 36.4 Å². The van der Waals surface area contributed by atoms with E-state index in [0.29, 0.717) is 11.5 Å². The number of fused-ring (bicyclic) bond motifs is 1. The number of hydrogen-bond acceptors (Lipinski definition) is 4. The van der Waals surface area contributed by atoms with Gasteiger partial charge >= 0.3 is 0 Å². The van der Waals surface area contributed by atoms with E-state index in [1.165, 1.54) is 11.1 Å². The highest BCUT2D eigenvalue weighted by atomic mass is 16.1. The Morgan fingerprint density at radius 1 is 0.966 bits per heavy atom. The lowest BCUT2D eigenvalue weighted by Crippen LogP contribution is -2.17. The van der Waals surface area contributed by atoms with Crippen LogP contribution in [0.2, 0.25) is 0 Å². The van der Waals surface area contributed by atoms with Gasteiger partial charge in [-0.15, -0.1) is 0 Å². The molecular weight excluding hydrogens is 362 g/mol. The van der Waals surface area contributed by atoms with Crippen LogP contribution in [0.15, 0.2) is 65.5 Å². The molecule has 0 bridgehead atoms. The molecule has 4 aromatic rings. The highest BCUT2D eigenvalue weighted by Gasteiger charge is 2.12. The van der Waals surface area contributed by atoms with Crippen molar-refractivity contribution < 1.29 is 0 Å². The lowest BCUT2D eigenvalue weighted by atomic mass is 10.1. The number of nitrogen functional groups attached to an aromatic ring is 1. The molecule has 6 heteroatoms. The van der Waals surface area contributed by atoms with Crippen molar-refractivity contribution in [3.63, 3.8) is 0 Å². The molecule has 0 aliphatic heterocycles. The second-order valence-corrected chi connectivity index (χ2v) is 7.35. The highest BCUT2D eigenvalue weighted by Crippen LogP contribution is 2.32. The summed E-state index contributed by atoms with van der Waals surface area (Å²) in [6, 6.07) is 20.5. The molecule has 0 saturated carbocycles. The predicted molar refractivity (Wildman–Crippen MR) is 120 cm³/mol. The number of hydrogen-bond donors (Lipinski definition) is 4. The van der Waals surface area contributed by atoms with Gasteiger partial charge in [0.1, 0.15) is 5.82 Å². The van der Waals surface area contributed by atoms with E-state index in [9.17, 15) is 4.79 Å². The van der Waals surface area contributed by atoms with Gasteiger partial charge in [-0.25, -0.2) is 0 Å². The Bertz CT molecular complexity index is 1190. The normalized spacial score (nSPS) is 11.3.